The van der Waals surface area contributed by atoms with Crippen LogP contribution in [0.4, 0.5) is 15.1 Å². The molecular formula is C21H23FN6O3. The van der Waals surface area contributed by atoms with Crippen LogP contribution in [-0.2, 0) is 9.53 Å². The summed E-state index contributed by atoms with van der Waals surface area (Å²) in [5.41, 5.74) is 1.19. The third kappa shape index (κ3) is 4.64. The van der Waals surface area contributed by atoms with Crippen molar-refractivity contribution in [1.82, 2.24) is 25.5 Å². The van der Waals surface area contributed by atoms with Gasteiger partial charge in [0.15, 0.2) is 0 Å². The van der Waals surface area contributed by atoms with Gasteiger partial charge in [0.2, 0.25) is 5.95 Å². The Morgan fingerprint density at radius 2 is 1.94 bits per heavy atom. The molecule has 1 aromatic heterocycles. The highest BCUT2D eigenvalue weighted by Crippen LogP contribution is 2.28. The number of carbonyl (C=O) groups excluding carboxylic acids is 2. The number of aromatic nitrogens is 2. The van der Waals surface area contributed by atoms with Gasteiger partial charge in [0.1, 0.15) is 5.82 Å². The van der Waals surface area contributed by atoms with Crippen molar-refractivity contribution in [1.29, 1.82) is 0 Å². The molecule has 0 spiro atoms. The summed E-state index contributed by atoms with van der Waals surface area (Å²) in [5.74, 6) is -0.346. The van der Waals surface area contributed by atoms with E-state index < -0.39 is 23.9 Å². The van der Waals surface area contributed by atoms with Gasteiger partial charge in [-0.2, -0.15) is 0 Å². The van der Waals surface area contributed by atoms with Gasteiger partial charge in [-0.15, -0.1) is 0 Å². The first-order valence-electron chi connectivity index (χ1n) is 9.94. The van der Waals surface area contributed by atoms with Gasteiger partial charge in [0, 0.05) is 50.8 Å². The van der Waals surface area contributed by atoms with Gasteiger partial charge in [0.05, 0.1) is 18.7 Å². The van der Waals surface area contributed by atoms with Gasteiger partial charge in [-0.1, -0.05) is 12.1 Å². The largest absolute Gasteiger partial charge is 0.466 e. The summed E-state index contributed by atoms with van der Waals surface area (Å²) in [6.07, 6.45) is 3.42. The van der Waals surface area contributed by atoms with Gasteiger partial charge >= 0.3 is 12.0 Å². The van der Waals surface area contributed by atoms with Crippen molar-refractivity contribution in [3.8, 4) is 0 Å². The number of hydrogen-bond acceptors (Lipinski definition) is 7. The van der Waals surface area contributed by atoms with Crippen LogP contribution in [0.2, 0.25) is 0 Å². The minimum atomic E-state index is -0.800. The number of nitrogens with one attached hydrogen (secondary N) is 2. The lowest BCUT2D eigenvalue weighted by molar-refractivity contribution is -0.136. The zero-order valence-corrected chi connectivity index (χ0v) is 17.0. The summed E-state index contributed by atoms with van der Waals surface area (Å²) >= 11 is 0. The van der Waals surface area contributed by atoms with Gasteiger partial charge < -0.3 is 20.3 Å². The van der Waals surface area contributed by atoms with E-state index in [9.17, 15) is 14.0 Å². The normalized spacial score (nSPS) is 19.6. The monoisotopic (exact) mass is 426 g/mol. The highest BCUT2D eigenvalue weighted by Gasteiger charge is 2.34. The molecule has 31 heavy (non-hydrogen) atoms. The van der Waals surface area contributed by atoms with Crippen molar-refractivity contribution in [3.63, 3.8) is 0 Å². The van der Waals surface area contributed by atoms with Crippen LogP contribution in [0, 0.1) is 5.82 Å². The van der Waals surface area contributed by atoms with E-state index >= 15 is 0 Å². The SMILES string of the molecule is COC(=O)C1=C(CN2CCN(c3ncccn3)CC2)NC(=O)NC1c1cccc(F)c1. The fraction of sp³-hybridized carbons (Fsp3) is 0.333. The Morgan fingerprint density at radius 3 is 2.61 bits per heavy atom. The first-order valence-corrected chi connectivity index (χ1v) is 9.94. The molecule has 0 aliphatic carbocycles. The van der Waals surface area contributed by atoms with Crippen molar-refractivity contribution in [2.75, 3.05) is 44.7 Å². The number of esters is 1. The van der Waals surface area contributed by atoms with E-state index in [1.807, 2.05) is 0 Å². The fourth-order valence-corrected chi connectivity index (χ4v) is 3.81. The summed E-state index contributed by atoms with van der Waals surface area (Å²) in [6.45, 7) is 3.18. The van der Waals surface area contributed by atoms with Gasteiger partial charge in [0.25, 0.3) is 0 Å². The average Bonchev–Trinajstić information content (AvgIpc) is 2.79. The summed E-state index contributed by atoms with van der Waals surface area (Å²) in [7, 11) is 1.28. The number of piperazine rings is 1. The van der Waals surface area contributed by atoms with Gasteiger partial charge in [-0.25, -0.2) is 23.9 Å². The van der Waals surface area contributed by atoms with Crippen LogP contribution in [0.5, 0.6) is 0 Å². The van der Waals surface area contributed by atoms with Gasteiger partial charge in [-0.05, 0) is 23.8 Å². The lowest BCUT2D eigenvalue weighted by Crippen LogP contribution is -2.52. The van der Waals surface area contributed by atoms with Crippen molar-refractivity contribution >= 4 is 17.9 Å². The van der Waals surface area contributed by atoms with E-state index in [-0.39, 0.29) is 5.57 Å². The molecule has 1 unspecified atom stereocenters. The number of nitrogens with zero attached hydrogens (tertiary/aromatic N) is 4. The molecule has 2 amide bonds. The van der Waals surface area contributed by atoms with E-state index in [2.05, 4.69) is 30.4 Å². The molecule has 0 bridgehead atoms. The van der Waals surface area contributed by atoms with Crippen LogP contribution in [0.1, 0.15) is 11.6 Å². The molecule has 10 heteroatoms. The quantitative estimate of drug-likeness (QED) is 0.694. The third-order valence-corrected chi connectivity index (χ3v) is 5.33. The highest BCUT2D eigenvalue weighted by atomic mass is 19.1. The maximum Gasteiger partial charge on any atom is 0.338 e. The predicted octanol–water partition coefficient (Wildman–Crippen LogP) is 1.22. The molecule has 162 valence electrons. The molecule has 1 aromatic carbocycles. The van der Waals surface area contributed by atoms with Crippen LogP contribution < -0.4 is 15.5 Å². The molecule has 0 radical (unpaired) electrons. The average molecular weight is 426 g/mol. The van der Waals surface area contributed by atoms with E-state index in [1.165, 1.54) is 25.3 Å². The molecule has 2 aliphatic rings. The van der Waals surface area contributed by atoms with E-state index in [4.69, 9.17) is 4.74 Å². The Hall–Kier alpha value is -3.53. The number of carbonyl (C=O) groups is 2. The molecule has 0 saturated carbocycles. The Morgan fingerprint density at radius 1 is 1.19 bits per heavy atom. The van der Waals surface area contributed by atoms with Crippen molar-refractivity contribution in [3.05, 3.63) is 65.4 Å². The second-order valence-electron chi connectivity index (χ2n) is 7.28. The second kappa shape index (κ2) is 9.09. The molecule has 9 nitrogen and oxygen atoms in total. The Kier molecular flexibility index (Phi) is 6.08. The maximum atomic E-state index is 13.8. The standard InChI is InChI=1S/C21H23FN6O3/c1-31-19(29)17-16(25-21(30)26-18(17)14-4-2-5-15(22)12-14)13-27-8-10-28(11-9-27)20-23-6-3-7-24-20/h2-7,12,18H,8-11,13H2,1H3,(H2,25,26,30). The lowest BCUT2D eigenvalue weighted by Gasteiger charge is -2.37. The zero-order chi connectivity index (χ0) is 21.8. The van der Waals surface area contributed by atoms with Crippen LogP contribution in [0.15, 0.2) is 54.0 Å². The number of urea groups is 1. The van der Waals surface area contributed by atoms with Crippen LogP contribution in [0.25, 0.3) is 0 Å². The molecule has 1 saturated heterocycles. The Balaban J connectivity index is 1.55. The number of halogens is 1. The number of amides is 2. The Bertz CT molecular complexity index is 992. The summed E-state index contributed by atoms with van der Waals surface area (Å²) in [5, 5.41) is 5.44. The van der Waals surface area contributed by atoms with E-state index in [0.717, 1.165) is 0 Å². The van der Waals surface area contributed by atoms with Crippen LogP contribution >= 0.6 is 0 Å². The van der Waals surface area contributed by atoms with E-state index in [0.29, 0.717) is 49.9 Å². The predicted molar refractivity (Wildman–Crippen MR) is 111 cm³/mol. The van der Waals surface area contributed by atoms with E-state index in [1.54, 1.807) is 24.5 Å². The number of anilines is 1. The smallest absolute Gasteiger partial charge is 0.338 e. The molecule has 4 rings (SSSR count). The molecule has 2 N–H and O–H groups in total. The minimum absolute atomic E-state index is 0.265. The highest BCUT2D eigenvalue weighted by molar-refractivity contribution is 5.95. The summed E-state index contributed by atoms with van der Waals surface area (Å²) in [6, 6.07) is 6.34. The van der Waals surface area contributed by atoms with Crippen LogP contribution in [0.3, 0.4) is 0 Å². The summed E-state index contributed by atoms with van der Waals surface area (Å²) in [4.78, 5) is 37.7. The number of rotatable bonds is 5. The minimum Gasteiger partial charge on any atom is -0.466 e. The molecular weight excluding hydrogens is 403 g/mol. The fourth-order valence-electron chi connectivity index (χ4n) is 3.81. The lowest BCUT2D eigenvalue weighted by atomic mass is 9.95. The van der Waals surface area contributed by atoms with Crippen LogP contribution in [-0.4, -0.2) is 66.7 Å². The number of benzene rings is 1. The molecule has 2 aromatic rings. The molecule has 1 atom stereocenters. The third-order valence-electron chi connectivity index (χ3n) is 5.33. The van der Waals surface area contributed by atoms with Crippen molar-refractivity contribution in [2.45, 2.75) is 6.04 Å². The topological polar surface area (TPSA) is 99.7 Å². The number of methoxy groups -OCH3 is 1. The maximum absolute atomic E-state index is 13.8. The van der Waals surface area contributed by atoms with Gasteiger partial charge in [-0.3, -0.25) is 4.90 Å². The summed E-state index contributed by atoms with van der Waals surface area (Å²) < 4.78 is 18.8. The molecule has 2 aliphatic heterocycles. The first kappa shape index (κ1) is 20.7. The molecule has 3 heterocycles. The van der Waals surface area contributed by atoms with Crippen molar-refractivity contribution in [2.24, 2.45) is 0 Å². The second-order valence-corrected chi connectivity index (χ2v) is 7.28. The zero-order valence-electron chi connectivity index (χ0n) is 17.0. The number of hydrogen-bond donors (Lipinski definition) is 2. The first-order chi connectivity index (χ1) is 15.0. The molecule has 1 fully saturated rings. The Labute approximate surface area is 178 Å². The van der Waals surface area contributed by atoms with Crippen molar-refractivity contribution < 1.29 is 18.7 Å². The number of ether oxygens (including phenoxy) is 1.